The predicted molar refractivity (Wildman–Crippen MR) is 82.0 cm³/mol. The molecular weight excluding hydrogens is 266 g/mol. The van der Waals surface area contributed by atoms with Crippen LogP contribution >= 0.6 is 0 Å². The summed E-state index contributed by atoms with van der Waals surface area (Å²) in [6, 6.07) is 5.57. The van der Waals surface area contributed by atoms with Gasteiger partial charge in [-0.1, -0.05) is 11.8 Å². The van der Waals surface area contributed by atoms with E-state index >= 15 is 0 Å². The third kappa shape index (κ3) is 4.89. The molecule has 0 aromatic heterocycles. The van der Waals surface area contributed by atoms with Crippen molar-refractivity contribution in [2.75, 3.05) is 18.5 Å². The molecule has 0 saturated carbocycles. The molecular formula is C17H21NO3. The summed E-state index contributed by atoms with van der Waals surface area (Å²) in [6.07, 6.45) is 3.64. The number of hydrogen-bond donors (Lipinski definition) is 2. The third-order valence-electron chi connectivity index (χ3n) is 3.50. The molecule has 1 aromatic carbocycles. The number of carbonyl (C=O) groups excluding carboxylic acids is 1. The lowest BCUT2D eigenvalue weighted by molar-refractivity contribution is -0.119. The van der Waals surface area contributed by atoms with Crippen LogP contribution in [0.5, 0.6) is 0 Å². The SMILES string of the molecule is Cc1cc(NC(=O)CC2CCCCO2)ccc1C#CCO. The van der Waals surface area contributed by atoms with Gasteiger partial charge in [0.25, 0.3) is 0 Å². The van der Waals surface area contributed by atoms with Crippen LogP contribution in [0.2, 0.25) is 0 Å². The molecule has 1 fully saturated rings. The fraction of sp³-hybridized carbons (Fsp3) is 0.471. The number of nitrogens with one attached hydrogen (secondary N) is 1. The molecule has 0 radical (unpaired) electrons. The third-order valence-corrected chi connectivity index (χ3v) is 3.50. The number of aryl methyl sites for hydroxylation is 1. The van der Waals surface area contributed by atoms with E-state index in [0.717, 1.165) is 42.7 Å². The highest BCUT2D eigenvalue weighted by Crippen LogP contribution is 2.18. The van der Waals surface area contributed by atoms with Crippen molar-refractivity contribution in [3.63, 3.8) is 0 Å². The lowest BCUT2D eigenvalue weighted by Gasteiger charge is -2.22. The maximum atomic E-state index is 12.0. The zero-order valence-corrected chi connectivity index (χ0v) is 12.3. The van der Waals surface area contributed by atoms with Gasteiger partial charge < -0.3 is 15.2 Å². The van der Waals surface area contributed by atoms with Gasteiger partial charge in [-0.05, 0) is 49.9 Å². The molecule has 2 rings (SSSR count). The van der Waals surface area contributed by atoms with Crippen LogP contribution in [0, 0.1) is 18.8 Å². The minimum absolute atomic E-state index is 0.0181. The average Bonchev–Trinajstić information content (AvgIpc) is 2.47. The van der Waals surface area contributed by atoms with E-state index in [1.807, 2.05) is 25.1 Å². The molecule has 1 aliphatic heterocycles. The van der Waals surface area contributed by atoms with Gasteiger partial charge in [-0.2, -0.15) is 0 Å². The topological polar surface area (TPSA) is 58.6 Å². The molecule has 1 unspecified atom stereocenters. The molecule has 0 bridgehead atoms. The van der Waals surface area contributed by atoms with Crippen molar-refractivity contribution >= 4 is 11.6 Å². The van der Waals surface area contributed by atoms with Gasteiger partial charge in [-0.3, -0.25) is 4.79 Å². The second-order valence-electron chi connectivity index (χ2n) is 5.23. The van der Waals surface area contributed by atoms with Crippen LogP contribution in [0.15, 0.2) is 18.2 Å². The molecule has 4 nitrogen and oxygen atoms in total. The molecule has 1 aliphatic rings. The number of carbonyl (C=O) groups is 1. The van der Waals surface area contributed by atoms with Crippen molar-refractivity contribution in [3.05, 3.63) is 29.3 Å². The highest BCUT2D eigenvalue weighted by Gasteiger charge is 2.17. The second-order valence-corrected chi connectivity index (χ2v) is 5.23. The van der Waals surface area contributed by atoms with Crippen molar-refractivity contribution in [1.29, 1.82) is 0 Å². The van der Waals surface area contributed by atoms with Crippen molar-refractivity contribution in [2.45, 2.75) is 38.7 Å². The Morgan fingerprint density at radius 2 is 2.33 bits per heavy atom. The van der Waals surface area contributed by atoms with Gasteiger partial charge >= 0.3 is 0 Å². The summed E-state index contributed by atoms with van der Waals surface area (Å²) >= 11 is 0. The Hall–Kier alpha value is -1.83. The Morgan fingerprint density at radius 3 is 3.00 bits per heavy atom. The van der Waals surface area contributed by atoms with Crippen molar-refractivity contribution in [2.24, 2.45) is 0 Å². The van der Waals surface area contributed by atoms with Gasteiger partial charge in [-0.25, -0.2) is 0 Å². The molecule has 112 valence electrons. The van der Waals surface area contributed by atoms with E-state index in [0.29, 0.717) is 6.42 Å². The summed E-state index contributed by atoms with van der Waals surface area (Å²) in [6.45, 7) is 2.54. The number of rotatable bonds is 3. The van der Waals surface area contributed by atoms with Gasteiger partial charge in [0.05, 0.1) is 12.5 Å². The largest absolute Gasteiger partial charge is 0.384 e. The summed E-state index contributed by atoms with van der Waals surface area (Å²) < 4.78 is 5.57. The van der Waals surface area contributed by atoms with Crippen LogP contribution < -0.4 is 5.32 Å². The van der Waals surface area contributed by atoms with Crippen LogP contribution in [-0.2, 0) is 9.53 Å². The van der Waals surface area contributed by atoms with E-state index < -0.39 is 0 Å². The zero-order chi connectivity index (χ0) is 15.1. The summed E-state index contributed by atoms with van der Waals surface area (Å²) in [5.74, 6) is 5.48. The van der Waals surface area contributed by atoms with Crippen LogP contribution in [0.25, 0.3) is 0 Å². The lowest BCUT2D eigenvalue weighted by Crippen LogP contribution is -2.25. The van der Waals surface area contributed by atoms with E-state index in [1.54, 1.807) is 0 Å². The molecule has 4 heteroatoms. The second kappa shape index (κ2) is 7.82. The van der Waals surface area contributed by atoms with Gasteiger partial charge in [0.2, 0.25) is 5.91 Å². The summed E-state index contributed by atoms with van der Waals surface area (Å²) in [7, 11) is 0. The maximum Gasteiger partial charge on any atom is 0.226 e. The Bertz CT molecular complexity index is 551. The molecule has 0 aliphatic carbocycles. The molecule has 21 heavy (non-hydrogen) atoms. The summed E-state index contributed by atoms with van der Waals surface area (Å²) in [5.41, 5.74) is 2.60. The monoisotopic (exact) mass is 287 g/mol. The first kappa shape index (κ1) is 15.6. The summed E-state index contributed by atoms with van der Waals surface area (Å²) in [4.78, 5) is 12.0. The van der Waals surface area contributed by atoms with Crippen LogP contribution in [0.1, 0.15) is 36.8 Å². The Kier molecular flexibility index (Phi) is 5.79. The number of amides is 1. The van der Waals surface area contributed by atoms with Crippen molar-refractivity contribution < 1.29 is 14.6 Å². The number of anilines is 1. The molecule has 0 spiro atoms. The number of aliphatic hydroxyl groups is 1. The molecule has 1 amide bonds. The van der Waals surface area contributed by atoms with Crippen molar-refractivity contribution in [1.82, 2.24) is 0 Å². The summed E-state index contributed by atoms with van der Waals surface area (Å²) in [5, 5.41) is 11.6. The van der Waals surface area contributed by atoms with Gasteiger partial charge in [-0.15, -0.1) is 0 Å². The maximum absolute atomic E-state index is 12.0. The Balaban J connectivity index is 1.92. The van der Waals surface area contributed by atoms with E-state index in [4.69, 9.17) is 9.84 Å². The Labute approximate surface area is 125 Å². The van der Waals surface area contributed by atoms with E-state index in [-0.39, 0.29) is 18.6 Å². The highest BCUT2D eigenvalue weighted by atomic mass is 16.5. The fourth-order valence-corrected chi connectivity index (χ4v) is 2.40. The van der Waals surface area contributed by atoms with Crippen LogP contribution in [0.4, 0.5) is 5.69 Å². The van der Waals surface area contributed by atoms with Gasteiger partial charge in [0.15, 0.2) is 0 Å². The van der Waals surface area contributed by atoms with Crippen LogP contribution in [-0.4, -0.2) is 30.3 Å². The standard InChI is InChI=1S/C17H21NO3/c1-13-11-15(8-7-14(13)5-4-9-19)18-17(20)12-16-6-2-3-10-21-16/h7-8,11,16,19H,2-3,6,9-10,12H2,1H3,(H,18,20). The van der Waals surface area contributed by atoms with Gasteiger partial charge in [0.1, 0.15) is 6.61 Å². The minimum Gasteiger partial charge on any atom is -0.384 e. The first-order chi connectivity index (χ1) is 10.2. The molecule has 2 N–H and O–H groups in total. The zero-order valence-electron chi connectivity index (χ0n) is 12.3. The smallest absolute Gasteiger partial charge is 0.226 e. The molecule has 1 heterocycles. The van der Waals surface area contributed by atoms with Gasteiger partial charge in [0, 0.05) is 17.9 Å². The Morgan fingerprint density at radius 1 is 1.48 bits per heavy atom. The van der Waals surface area contributed by atoms with E-state index in [9.17, 15) is 4.79 Å². The lowest BCUT2D eigenvalue weighted by atomic mass is 10.1. The van der Waals surface area contributed by atoms with Crippen LogP contribution in [0.3, 0.4) is 0 Å². The van der Waals surface area contributed by atoms with E-state index in [2.05, 4.69) is 17.2 Å². The number of aliphatic hydroxyl groups excluding tert-OH is 1. The molecule has 1 saturated heterocycles. The molecule has 1 aromatic rings. The quantitative estimate of drug-likeness (QED) is 0.838. The van der Waals surface area contributed by atoms with E-state index in [1.165, 1.54) is 0 Å². The van der Waals surface area contributed by atoms with Crippen molar-refractivity contribution in [3.8, 4) is 11.8 Å². The predicted octanol–water partition coefficient (Wildman–Crippen LogP) is 2.24. The number of benzene rings is 1. The average molecular weight is 287 g/mol. The highest BCUT2D eigenvalue weighted by molar-refractivity contribution is 5.91. The normalized spacial score (nSPS) is 17.7. The fourth-order valence-electron chi connectivity index (χ4n) is 2.40. The first-order valence-electron chi connectivity index (χ1n) is 7.31. The first-order valence-corrected chi connectivity index (χ1v) is 7.31. The number of ether oxygens (including phenoxy) is 1. The number of hydrogen-bond acceptors (Lipinski definition) is 3. The minimum atomic E-state index is -0.153. The molecule has 1 atom stereocenters.